The van der Waals surface area contributed by atoms with Crippen LogP contribution in [0.25, 0.3) is 22.3 Å². The molecule has 7 nitrogen and oxygen atoms in total. The van der Waals surface area contributed by atoms with Crippen molar-refractivity contribution in [2.24, 2.45) is 0 Å². The van der Waals surface area contributed by atoms with Crippen molar-refractivity contribution in [3.05, 3.63) is 82.5 Å². The molecule has 2 aromatic heterocycles. The molecule has 4 aromatic rings. The van der Waals surface area contributed by atoms with E-state index in [1.165, 1.54) is 0 Å². The fourth-order valence-electron chi connectivity index (χ4n) is 4.57. The zero-order valence-electron chi connectivity index (χ0n) is 20.1. The number of pyridine rings is 1. The monoisotopic (exact) mass is 488 g/mol. The van der Waals surface area contributed by atoms with Crippen LogP contribution in [0.15, 0.2) is 54.6 Å². The van der Waals surface area contributed by atoms with Crippen molar-refractivity contribution < 1.29 is 13.2 Å². The van der Waals surface area contributed by atoms with Crippen LogP contribution in [-0.2, 0) is 16.4 Å². The lowest BCUT2D eigenvalue weighted by Crippen LogP contribution is -2.23. The average Bonchev–Trinajstić information content (AvgIpc) is 3.37. The van der Waals surface area contributed by atoms with Gasteiger partial charge in [-0.3, -0.25) is 4.79 Å². The predicted octanol–water partition coefficient (Wildman–Crippen LogP) is 4.31. The second kappa shape index (κ2) is 8.92. The van der Waals surface area contributed by atoms with Crippen molar-refractivity contribution in [2.45, 2.75) is 39.8 Å². The lowest BCUT2D eigenvalue weighted by atomic mass is 10.0. The number of aryl methyl sites for hydroxylation is 3. The Morgan fingerprint density at radius 2 is 1.69 bits per heavy atom. The first kappa shape index (κ1) is 23.2. The zero-order chi connectivity index (χ0) is 24.7. The Morgan fingerprint density at radius 1 is 1.03 bits per heavy atom. The van der Waals surface area contributed by atoms with E-state index in [-0.39, 0.29) is 23.5 Å². The molecular formula is C27H28N4O3S. The van der Waals surface area contributed by atoms with E-state index in [1.54, 1.807) is 4.68 Å². The minimum atomic E-state index is -3.11. The van der Waals surface area contributed by atoms with E-state index in [2.05, 4.69) is 10.4 Å². The van der Waals surface area contributed by atoms with Crippen LogP contribution >= 0.6 is 0 Å². The number of carbonyl (C=O) groups excluding carboxylic acids is 1. The smallest absolute Gasteiger partial charge is 0.252 e. The molecule has 0 aliphatic carbocycles. The SMILES string of the molecule is Cc1ccc(CNC(=O)c2cc(-c3ccc(C)cc3)nc3c2c(C)nn3[C@H]2CCS(=O)(=O)C2)cc1. The second-order valence-electron chi connectivity index (χ2n) is 9.37. The number of carbonyl (C=O) groups is 1. The fraction of sp³-hybridized carbons (Fsp3) is 0.296. The molecule has 0 radical (unpaired) electrons. The zero-order valence-corrected chi connectivity index (χ0v) is 20.9. The van der Waals surface area contributed by atoms with E-state index >= 15 is 0 Å². The van der Waals surface area contributed by atoms with Gasteiger partial charge in [0, 0.05) is 12.1 Å². The van der Waals surface area contributed by atoms with Crippen molar-refractivity contribution in [3.63, 3.8) is 0 Å². The molecule has 1 N–H and O–H groups in total. The Kier molecular flexibility index (Phi) is 5.92. The van der Waals surface area contributed by atoms with Gasteiger partial charge in [0.15, 0.2) is 15.5 Å². The van der Waals surface area contributed by atoms with E-state index in [0.717, 1.165) is 22.3 Å². The highest BCUT2D eigenvalue weighted by Crippen LogP contribution is 2.32. The molecule has 180 valence electrons. The summed E-state index contributed by atoms with van der Waals surface area (Å²) in [5.41, 5.74) is 6.53. The van der Waals surface area contributed by atoms with Gasteiger partial charge in [0.1, 0.15) is 0 Å². The van der Waals surface area contributed by atoms with Crippen molar-refractivity contribution in [1.29, 1.82) is 0 Å². The van der Waals surface area contributed by atoms with Gasteiger partial charge in [0.05, 0.1) is 39.9 Å². The number of rotatable bonds is 5. The maximum Gasteiger partial charge on any atom is 0.252 e. The maximum absolute atomic E-state index is 13.5. The number of nitrogens with zero attached hydrogens (tertiary/aromatic N) is 3. The molecule has 0 bridgehead atoms. The summed E-state index contributed by atoms with van der Waals surface area (Å²) >= 11 is 0. The molecule has 5 rings (SSSR count). The number of nitrogens with one attached hydrogen (secondary N) is 1. The third kappa shape index (κ3) is 4.71. The molecule has 1 atom stereocenters. The number of hydrogen-bond donors (Lipinski definition) is 1. The molecule has 1 fully saturated rings. The molecule has 1 aliphatic rings. The largest absolute Gasteiger partial charge is 0.348 e. The quantitative estimate of drug-likeness (QED) is 0.452. The molecule has 0 unspecified atom stereocenters. The van der Waals surface area contributed by atoms with E-state index in [4.69, 9.17) is 4.98 Å². The number of amides is 1. The molecule has 35 heavy (non-hydrogen) atoms. The van der Waals surface area contributed by atoms with Crippen LogP contribution < -0.4 is 5.32 Å². The summed E-state index contributed by atoms with van der Waals surface area (Å²) in [6, 6.07) is 17.5. The van der Waals surface area contributed by atoms with Crippen molar-refractivity contribution in [3.8, 4) is 11.3 Å². The number of fused-ring (bicyclic) bond motifs is 1. The first-order chi connectivity index (χ1) is 16.7. The Balaban J connectivity index is 1.60. The Labute approximate surface area is 205 Å². The summed E-state index contributed by atoms with van der Waals surface area (Å²) in [5, 5.41) is 8.36. The van der Waals surface area contributed by atoms with Gasteiger partial charge in [0.25, 0.3) is 5.91 Å². The van der Waals surface area contributed by atoms with Crippen LogP contribution in [0, 0.1) is 20.8 Å². The van der Waals surface area contributed by atoms with Crippen molar-refractivity contribution >= 4 is 26.8 Å². The van der Waals surface area contributed by atoms with Crippen molar-refractivity contribution in [2.75, 3.05) is 11.5 Å². The summed E-state index contributed by atoms with van der Waals surface area (Å²) in [6.45, 7) is 6.28. The highest BCUT2D eigenvalue weighted by Gasteiger charge is 2.32. The summed E-state index contributed by atoms with van der Waals surface area (Å²) in [4.78, 5) is 18.3. The van der Waals surface area contributed by atoms with E-state index < -0.39 is 9.84 Å². The number of aromatic nitrogens is 3. The summed E-state index contributed by atoms with van der Waals surface area (Å²) < 4.78 is 26.0. The second-order valence-corrected chi connectivity index (χ2v) is 11.6. The van der Waals surface area contributed by atoms with Gasteiger partial charge in [-0.05, 0) is 38.8 Å². The van der Waals surface area contributed by atoms with E-state index in [9.17, 15) is 13.2 Å². The summed E-state index contributed by atoms with van der Waals surface area (Å²) in [5.74, 6) is -0.0400. The number of sulfone groups is 1. The predicted molar refractivity (Wildman–Crippen MR) is 137 cm³/mol. The molecule has 1 saturated heterocycles. The van der Waals surface area contributed by atoms with Crippen LogP contribution in [0.2, 0.25) is 0 Å². The summed E-state index contributed by atoms with van der Waals surface area (Å²) in [6.07, 6.45) is 0.490. The third-order valence-corrected chi connectivity index (χ3v) is 8.31. The van der Waals surface area contributed by atoms with E-state index in [0.29, 0.717) is 41.0 Å². The first-order valence-electron chi connectivity index (χ1n) is 11.7. The van der Waals surface area contributed by atoms with Gasteiger partial charge in [-0.2, -0.15) is 5.10 Å². The minimum absolute atomic E-state index is 0.0363. The Morgan fingerprint density at radius 3 is 2.31 bits per heavy atom. The van der Waals surface area contributed by atoms with E-state index in [1.807, 2.05) is 75.4 Å². The van der Waals surface area contributed by atoms with Gasteiger partial charge >= 0.3 is 0 Å². The van der Waals surface area contributed by atoms with Crippen LogP contribution in [0.3, 0.4) is 0 Å². The van der Waals surface area contributed by atoms with Crippen LogP contribution in [0.4, 0.5) is 0 Å². The van der Waals surface area contributed by atoms with Crippen molar-refractivity contribution in [1.82, 2.24) is 20.1 Å². The lowest BCUT2D eigenvalue weighted by Gasteiger charge is -2.13. The molecule has 1 aliphatic heterocycles. The molecule has 3 heterocycles. The Hall–Kier alpha value is -3.52. The minimum Gasteiger partial charge on any atom is -0.348 e. The van der Waals surface area contributed by atoms with Gasteiger partial charge in [0.2, 0.25) is 0 Å². The lowest BCUT2D eigenvalue weighted by molar-refractivity contribution is 0.0952. The number of benzene rings is 2. The normalized spacial score (nSPS) is 17.1. The van der Waals surface area contributed by atoms with Gasteiger partial charge < -0.3 is 5.32 Å². The first-order valence-corrected chi connectivity index (χ1v) is 13.5. The van der Waals surface area contributed by atoms with Crippen LogP contribution in [-0.4, -0.2) is 40.6 Å². The molecular weight excluding hydrogens is 460 g/mol. The van der Waals surface area contributed by atoms with Crippen LogP contribution in [0.5, 0.6) is 0 Å². The molecule has 8 heteroatoms. The average molecular weight is 489 g/mol. The highest BCUT2D eigenvalue weighted by molar-refractivity contribution is 7.91. The Bertz CT molecular complexity index is 1520. The van der Waals surface area contributed by atoms with Gasteiger partial charge in [-0.1, -0.05) is 59.7 Å². The molecule has 0 saturated carbocycles. The topological polar surface area (TPSA) is 93.9 Å². The maximum atomic E-state index is 13.5. The standard InChI is InChI=1S/C27H28N4O3S/c1-17-4-8-20(9-5-17)15-28-27(32)23-14-24(21-10-6-18(2)7-11-21)29-26-25(23)19(3)30-31(26)22-12-13-35(33,34)16-22/h4-11,14,22H,12-13,15-16H2,1-3H3,(H,28,32)/t22-/m0/s1. The third-order valence-electron chi connectivity index (χ3n) is 6.56. The number of hydrogen-bond acceptors (Lipinski definition) is 5. The molecule has 2 aromatic carbocycles. The highest BCUT2D eigenvalue weighted by atomic mass is 32.2. The van der Waals surface area contributed by atoms with Gasteiger partial charge in [-0.15, -0.1) is 0 Å². The molecule has 1 amide bonds. The molecule has 0 spiro atoms. The fourth-order valence-corrected chi connectivity index (χ4v) is 6.26. The summed E-state index contributed by atoms with van der Waals surface area (Å²) in [7, 11) is -3.11. The van der Waals surface area contributed by atoms with Gasteiger partial charge in [-0.25, -0.2) is 18.1 Å². The van der Waals surface area contributed by atoms with Crippen LogP contribution in [0.1, 0.15) is 45.2 Å².